The third-order valence-corrected chi connectivity index (χ3v) is 5.04. The molecule has 1 aliphatic rings. The van der Waals surface area contributed by atoms with Crippen LogP contribution in [0, 0.1) is 0 Å². The van der Waals surface area contributed by atoms with Crippen molar-refractivity contribution in [3.63, 3.8) is 0 Å². The van der Waals surface area contributed by atoms with Crippen LogP contribution in [0.25, 0.3) is 0 Å². The first-order valence-electron chi connectivity index (χ1n) is 8.18. The van der Waals surface area contributed by atoms with Crippen molar-refractivity contribution in [1.82, 2.24) is 10.3 Å². The zero-order valence-electron chi connectivity index (χ0n) is 13.8. The SMILES string of the molecule is O=C(NC1CCN(c2ccc(C(F)(F)F)cn2)CC1)c1ccccc1Br. The summed E-state index contributed by atoms with van der Waals surface area (Å²) in [6.07, 6.45) is -2.11. The molecule has 1 N–H and O–H groups in total. The first-order chi connectivity index (χ1) is 12.3. The highest BCUT2D eigenvalue weighted by molar-refractivity contribution is 9.10. The molecule has 1 aromatic carbocycles. The Morgan fingerprint density at radius 3 is 2.42 bits per heavy atom. The monoisotopic (exact) mass is 427 g/mol. The van der Waals surface area contributed by atoms with Crippen molar-refractivity contribution in [3.05, 3.63) is 58.2 Å². The van der Waals surface area contributed by atoms with Gasteiger partial charge in [0.05, 0.1) is 11.1 Å². The molecular formula is C18H17BrF3N3O. The van der Waals surface area contributed by atoms with Crippen LogP contribution in [0.3, 0.4) is 0 Å². The topological polar surface area (TPSA) is 45.2 Å². The minimum atomic E-state index is -4.38. The molecule has 138 valence electrons. The number of pyridine rings is 1. The van der Waals surface area contributed by atoms with E-state index in [0.717, 1.165) is 16.7 Å². The lowest BCUT2D eigenvalue weighted by molar-refractivity contribution is -0.137. The largest absolute Gasteiger partial charge is 0.417 e. The molecule has 1 amide bonds. The van der Waals surface area contributed by atoms with Gasteiger partial charge in [-0.15, -0.1) is 0 Å². The van der Waals surface area contributed by atoms with Crippen molar-refractivity contribution in [2.75, 3.05) is 18.0 Å². The second kappa shape index (κ2) is 7.65. The Labute approximate surface area is 157 Å². The van der Waals surface area contributed by atoms with Crippen LogP contribution in [0.5, 0.6) is 0 Å². The van der Waals surface area contributed by atoms with Gasteiger partial charge in [0.15, 0.2) is 0 Å². The average Bonchev–Trinajstić information content (AvgIpc) is 2.62. The number of anilines is 1. The fourth-order valence-corrected chi connectivity index (χ4v) is 3.37. The van der Waals surface area contributed by atoms with Crippen LogP contribution in [0.1, 0.15) is 28.8 Å². The highest BCUT2D eigenvalue weighted by atomic mass is 79.9. The fraction of sp³-hybridized carbons (Fsp3) is 0.333. The predicted octanol–water partition coefficient (Wildman–Crippen LogP) is 4.26. The second-order valence-corrected chi connectivity index (χ2v) is 6.97. The number of hydrogen-bond donors (Lipinski definition) is 1. The molecule has 0 aliphatic carbocycles. The van der Waals surface area contributed by atoms with E-state index in [-0.39, 0.29) is 11.9 Å². The second-order valence-electron chi connectivity index (χ2n) is 6.12. The normalized spacial score (nSPS) is 15.8. The van der Waals surface area contributed by atoms with Crippen molar-refractivity contribution < 1.29 is 18.0 Å². The first kappa shape index (κ1) is 18.7. The molecule has 1 aromatic heterocycles. The standard InChI is InChI=1S/C18H17BrF3N3O/c19-15-4-2-1-3-14(15)17(26)24-13-7-9-25(10-8-13)16-6-5-12(11-23-16)18(20,21)22/h1-6,11,13H,7-10H2,(H,24,26). The molecule has 0 radical (unpaired) electrons. The van der Waals surface area contributed by atoms with Crippen LogP contribution in [0.15, 0.2) is 47.1 Å². The van der Waals surface area contributed by atoms with Crippen molar-refractivity contribution >= 4 is 27.7 Å². The van der Waals surface area contributed by atoms with Gasteiger partial charge in [0.25, 0.3) is 5.91 Å². The highest BCUT2D eigenvalue weighted by Gasteiger charge is 2.31. The Morgan fingerprint density at radius 1 is 1.15 bits per heavy atom. The summed E-state index contributed by atoms with van der Waals surface area (Å²) in [6.45, 7) is 1.25. The molecule has 8 heteroatoms. The molecule has 26 heavy (non-hydrogen) atoms. The number of aromatic nitrogens is 1. The molecule has 0 atom stereocenters. The molecular weight excluding hydrogens is 411 g/mol. The minimum Gasteiger partial charge on any atom is -0.356 e. The van der Waals surface area contributed by atoms with E-state index in [9.17, 15) is 18.0 Å². The number of amides is 1. The number of halogens is 4. The number of piperidine rings is 1. The summed E-state index contributed by atoms with van der Waals surface area (Å²) >= 11 is 3.36. The molecule has 1 aliphatic heterocycles. The Hall–Kier alpha value is -2.09. The smallest absolute Gasteiger partial charge is 0.356 e. The number of nitrogens with zero attached hydrogens (tertiary/aromatic N) is 2. The zero-order valence-corrected chi connectivity index (χ0v) is 15.3. The van der Waals surface area contributed by atoms with Gasteiger partial charge in [0.2, 0.25) is 0 Å². The van der Waals surface area contributed by atoms with Gasteiger partial charge in [0.1, 0.15) is 5.82 Å². The lowest BCUT2D eigenvalue weighted by atomic mass is 10.0. The van der Waals surface area contributed by atoms with Crippen LogP contribution in [-0.4, -0.2) is 30.0 Å². The van der Waals surface area contributed by atoms with E-state index in [2.05, 4.69) is 26.2 Å². The van der Waals surface area contributed by atoms with Gasteiger partial charge in [-0.05, 0) is 53.0 Å². The van der Waals surface area contributed by atoms with Gasteiger partial charge in [-0.3, -0.25) is 4.79 Å². The number of benzene rings is 1. The molecule has 4 nitrogen and oxygen atoms in total. The van der Waals surface area contributed by atoms with Crippen LogP contribution in [0.2, 0.25) is 0 Å². The average molecular weight is 428 g/mol. The number of rotatable bonds is 3. The van der Waals surface area contributed by atoms with Gasteiger partial charge < -0.3 is 10.2 Å². The third-order valence-electron chi connectivity index (χ3n) is 4.35. The lowest BCUT2D eigenvalue weighted by Crippen LogP contribution is -2.45. The van der Waals surface area contributed by atoms with Crippen molar-refractivity contribution in [2.45, 2.75) is 25.1 Å². The lowest BCUT2D eigenvalue weighted by Gasteiger charge is -2.33. The Bertz CT molecular complexity index is 772. The summed E-state index contributed by atoms with van der Waals surface area (Å²) in [7, 11) is 0. The van der Waals surface area contributed by atoms with E-state index in [4.69, 9.17) is 0 Å². The summed E-state index contributed by atoms with van der Waals surface area (Å²) < 4.78 is 38.6. The number of carbonyl (C=O) groups excluding carboxylic acids is 1. The van der Waals surface area contributed by atoms with Crippen LogP contribution < -0.4 is 10.2 Å². The quantitative estimate of drug-likeness (QED) is 0.795. The highest BCUT2D eigenvalue weighted by Crippen LogP contribution is 2.29. The number of alkyl halides is 3. The molecule has 1 fully saturated rings. The molecule has 0 bridgehead atoms. The minimum absolute atomic E-state index is 0.0281. The molecule has 0 spiro atoms. The Morgan fingerprint density at radius 2 is 1.85 bits per heavy atom. The number of carbonyl (C=O) groups is 1. The molecule has 0 unspecified atom stereocenters. The van der Waals surface area contributed by atoms with Gasteiger partial charge in [-0.1, -0.05) is 12.1 Å². The predicted molar refractivity (Wildman–Crippen MR) is 96.1 cm³/mol. The Kier molecular flexibility index (Phi) is 5.50. The maximum Gasteiger partial charge on any atom is 0.417 e. The van der Waals surface area contributed by atoms with Crippen molar-refractivity contribution in [3.8, 4) is 0 Å². The molecule has 1 saturated heterocycles. The maximum absolute atomic E-state index is 12.6. The number of nitrogens with one attached hydrogen (secondary N) is 1. The van der Waals surface area contributed by atoms with Gasteiger partial charge >= 0.3 is 6.18 Å². The van der Waals surface area contributed by atoms with Crippen LogP contribution in [-0.2, 0) is 6.18 Å². The van der Waals surface area contributed by atoms with E-state index in [0.29, 0.717) is 37.3 Å². The van der Waals surface area contributed by atoms with Crippen molar-refractivity contribution in [2.24, 2.45) is 0 Å². The summed E-state index contributed by atoms with van der Waals surface area (Å²) in [4.78, 5) is 18.2. The maximum atomic E-state index is 12.6. The van der Waals surface area contributed by atoms with Crippen molar-refractivity contribution in [1.29, 1.82) is 0 Å². The Balaban J connectivity index is 1.56. The third kappa shape index (κ3) is 4.35. The molecule has 3 rings (SSSR count). The van der Waals surface area contributed by atoms with E-state index >= 15 is 0 Å². The van der Waals surface area contributed by atoms with Gasteiger partial charge in [-0.25, -0.2) is 4.98 Å². The zero-order chi connectivity index (χ0) is 18.7. The summed E-state index contributed by atoms with van der Waals surface area (Å²) in [5.41, 5.74) is -0.170. The number of hydrogen-bond acceptors (Lipinski definition) is 3. The summed E-state index contributed by atoms with van der Waals surface area (Å²) in [5.74, 6) is 0.386. The van der Waals surface area contributed by atoms with Crippen LogP contribution >= 0.6 is 15.9 Å². The van der Waals surface area contributed by atoms with E-state index in [1.807, 2.05) is 17.0 Å². The summed E-state index contributed by atoms with van der Waals surface area (Å²) in [5, 5.41) is 3.01. The van der Waals surface area contributed by atoms with E-state index in [1.165, 1.54) is 6.07 Å². The van der Waals surface area contributed by atoms with E-state index in [1.54, 1.807) is 12.1 Å². The van der Waals surface area contributed by atoms with Gasteiger partial charge in [-0.2, -0.15) is 13.2 Å². The first-order valence-corrected chi connectivity index (χ1v) is 8.97. The summed E-state index contributed by atoms with van der Waals surface area (Å²) in [6, 6.07) is 9.68. The molecule has 0 saturated carbocycles. The van der Waals surface area contributed by atoms with Crippen LogP contribution in [0.4, 0.5) is 19.0 Å². The van der Waals surface area contributed by atoms with Gasteiger partial charge in [0, 0.05) is 29.8 Å². The molecule has 2 heterocycles. The van der Waals surface area contributed by atoms with E-state index < -0.39 is 11.7 Å². The molecule has 2 aromatic rings. The fourth-order valence-electron chi connectivity index (χ4n) is 2.90.